The van der Waals surface area contributed by atoms with Crippen LogP contribution in [0.5, 0.6) is 0 Å². The Bertz CT molecular complexity index is 1020. The molecule has 1 fully saturated rings. The summed E-state index contributed by atoms with van der Waals surface area (Å²) in [6.07, 6.45) is 0. The fourth-order valence-corrected chi connectivity index (χ4v) is 4.29. The van der Waals surface area contributed by atoms with Crippen LogP contribution in [0.4, 0.5) is 5.69 Å². The summed E-state index contributed by atoms with van der Waals surface area (Å²) in [5.41, 5.74) is 3.26. The van der Waals surface area contributed by atoms with Gasteiger partial charge in [-0.3, -0.25) is 19.8 Å². The number of nitro benzene ring substituents is 1. The van der Waals surface area contributed by atoms with E-state index in [0.29, 0.717) is 24.2 Å². The van der Waals surface area contributed by atoms with Crippen LogP contribution in [-0.2, 0) is 0 Å². The quantitative estimate of drug-likeness (QED) is 0.456. The number of piperazine rings is 1. The molecule has 0 spiro atoms. The van der Waals surface area contributed by atoms with Crippen molar-refractivity contribution < 1.29 is 9.72 Å². The normalized spacial score (nSPS) is 14.6. The minimum Gasteiger partial charge on any atom is -0.336 e. The van der Waals surface area contributed by atoms with Gasteiger partial charge in [0.25, 0.3) is 11.6 Å². The molecule has 0 bridgehead atoms. The van der Waals surface area contributed by atoms with Gasteiger partial charge in [-0.1, -0.05) is 66.7 Å². The molecule has 1 saturated heterocycles. The lowest BCUT2D eigenvalue weighted by atomic mass is 9.96. The summed E-state index contributed by atoms with van der Waals surface area (Å²) >= 11 is 0. The van der Waals surface area contributed by atoms with E-state index in [4.69, 9.17) is 0 Å². The Kier molecular flexibility index (Phi) is 6.09. The number of rotatable bonds is 5. The summed E-state index contributed by atoms with van der Waals surface area (Å²) in [6, 6.07) is 25.6. The maximum absolute atomic E-state index is 13.1. The minimum absolute atomic E-state index is 0.0160. The van der Waals surface area contributed by atoms with E-state index in [1.807, 2.05) is 12.1 Å². The van der Waals surface area contributed by atoms with E-state index < -0.39 is 4.92 Å². The molecule has 6 nitrogen and oxygen atoms in total. The average molecular weight is 415 g/mol. The maximum atomic E-state index is 13.1. The Morgan fingerprint density at radius 3 is 1.90 bits per heavy atom. The SMILES string of the molecule is Cc1c(C(=O)N2CCN(C(c3ccccc3)c3ccccc3)CC2)cccc1[N+](=O)[O-]. The van der Waals surface area contributed by atoms with E-state index >= 15 is 0 Å². The van der Waals surface area contributed by atoms with E-state index in [9.17, 15) is 14.9 Å². The highest BCUT2D eigenvalue weighted by Crippen LogP contribution is 2.30. The lowest BCUT2D eigenvalue weighted by Gasteiger charge is -2.40. The van der Waals surface area contributed by atoms with Gasteiger partial charge >= 0.3 is 0 Å². The first kappa shape index (κ1) is 20.8. The number of carbonyl (C=O) groups is 1. The van der Waals surface area contributed by atoms with Crippen molar-refractivity contribution in [1.29, 1.82) is 0 Å². The largest absolute Gasteiger partial charge is 0.336 e. The van der Waals surface area contributed by atoms with Crippen molar-refractivity contribution in [2.24, 2.45) is 0 Å². The maximum Gasteiger partial charge on any atom is 0.273 e. The van der Waals surface area contributed by atoms with Gasteiger partial charge in [0.15, 0.2) is 0 Å². The average Bonchev–Trinajstić information content (AvgIpc) is 2.81. The monoisotopic (exact) mass is 415 g/mol. The molecule has 1 heterocycles. The molecule has 0 unspecified atom stereocenters. The van der Waals surface area contributed by atoms with Gasteiger partial charge in [-0.05, 0) is 24.1 Å². The molecule has 3 aromatic rings. The van der Waals surface area contributed by atoms with Gasteiger partial charge < -0.3 is 4.90 Å². The van der Waals surface area contributed by atoms with Gasteiger partial charge in [0.2, 0.25) is 0 Å². The molecule has 31 heavy (non-hydrogen) atoms. The second-order valence-electron chi connectivity index (χ2n) is 7.76. The number of benzene rings is 3. The van der Waals surface area contributed by atoms with E-state index in [1.165, 1.54) is 17.2 Å². The van der Waals surface area contributed by atoms with E-state index in [2.05, 4.69) is 53.4 Å². The molecule has 0 aliphatic carbocycles. The molecular weight excluding hydrogens is 390 g/mol. The molecule has 0 aromatic heterocycles. The zero-order valence-corrected chi connectivity index (χ0v) is 17.5. The third kappa shape index (κ3) is 4.34. The van der Waals surface area contributed by atoms with Crippen LogP contribution in [0.25, 0.3) is 0 Å². The third-order valence-electron chi connectivity index (χ3n) is 5.93. The van der Waals surface area contributed by atoms with Crippen LogP contribution < -0.4 is 0 Å². The number of hydrogen-bond acceptors (Lipinski definition) is 4. The second kappa shape index (κ2) is 9.10. The van der Waals surface area contributed by atoms with Crippen LogP contribution in [0, 0.1) is 17.0 Å². The highest BCUT2D eigenvalue weighted by molar-refractivity contribution is 5.96. The summed E-state index contributed by atoms with van der Waals surface area (Å²) < 4.78 is 0. The molecule has 4 rings (SSSR count). The van der Waals surface area contributed by atoms with Gasteiger partial charge in [0.05, 0.1) is 11.0 Å². The van der Waals surface area contributed by atoms with Gasteiger partial charge in [0.1, 0.15) is 0 Å². The standard InChI is InChI=1S/C25H25N3O3/c1-19-22(13-8-14-23(19)28(30)31)25(29)27-17-15-26(16-18-27)24(20-9-4-2-5-10-20)21-11-6-3-7-12-21/h2-14,24H,15-18H2,1H3. The van der Waals surface area contributed by atoms with Crippen LogP contribution in [0.3, 0.4) is 0 Å². The van der Waals surface area contributed by atoms with Crippen molar-refractivity contribution in [1.82, 2.24) is 9.80 Å². The molecule has 1 aliphatic rings. The summed E-state index contributed by atoms with van der Waals surface area (Å²) in [5, 5.41) is 11.2. The predicted octanol–water partition coefficient (Wildman–Crippen LogP) is 4.45. The van der Waals surface area contributed by atoms with Crippen molar-refractivity contribution in [2.45, 2.75) is 13.0 Å². The van der Waals surface area contributed by atoms with Crippen LogP contribution in [0.1, 0.15) is 33.1 Å². The molecule has 1 amide bonds. The zero-order valence-electron chi connectivity index (χ0n) is 17.5. The van der Waals surface area contributed by atoms with Crippen molar-refractivity contribution in [2.75, 3.05) is 26.2 Å². The van der Waals surface area contributed by atoms with E-state index in [0.717, 1.165) is 13.1 Å². The van der Waals surface area contributed by atoms with Crippen LogP contribution in [-0.4, -0.2) is 46.8 Å². The van der Waals surface area contributed by atoms with Crippen molar-refractivity contribution >= 4 is 11.6 Å². The first-order valence-electron chi connectivity index (χ1n) is 10.4. The Morgan fingerprint density at radius 2 is 1.39 bits per heavy atom. The topological polar surface area (TPSA) is 66.7 Å². The fraction of sp³-hybridized carbons (Fsp3) is 0.240. The highest BCUT2D eigenvalue weighted by Gasteiger charge is 2.29. The molecule has 3 aromatic carbocycles. The molecular formula is C25H25N3O3. The third-order valence-corrected chi connectivity index (χ3v) is 5.93. The van der Waals surface area contributed by atoms with Gasteiger partial charge in [-0.2, -0.15) is 0 Å². The molecule has 0 atom stereocenters. The van der Waals surface area contributed by atoms with Gasteiger partial charge in [0, 0.05) is 43.4 Å². The van der Waals surface area contributed by atoms with E-state index in [1.54, 1.807) is 24.0 Å². The Morgan fingerprint density at radius 1 is 0.839 bits per heavy atom. The Labute approximate surface area is 181 Å². The first-order valence-corrected chi connectivity index (χ1v) is 10.4. The van der Waals surface area contributed by atoms with Crippen LogP contribution in [0.15, 0.2) is 78.9 Å². The van der Waals surface area contributed by atoms with Crippen molar-refractivity contribution in [3.63, 3.8) is 0 Å². The highest BCUT2D eigenvalue weighted by atomic mass is 16.6. The summed E-state index contributed by atoms with van der Waals surface area (Å²) in [7, 11) is 0. The number of amides is 1. The zero-order chi connectivity index (χ0) is 21.8. The number of carbonyl (C=O) groups excluding carboxylic acids is 1. The number of nitrogens with zero attached hydrogens (tertiary/aromatic N) is 3. The number of nitro groups is 1. The molecule has 0 radical (unpaired) electrons. The van der Waals surface area contributed by atoms with Gasteiger partial charge in [-0.15, -0.1) is 0 Å². The summed E-state index contributed by atoms with van der Waals surface area (Å²) in [4.78, 5) is 28.1. The Balaban J connectivity index is 1.53. The molecule has 158 valence electrons. The second-order valence-corrected chi connectivity index (χ2v) is 7.76. The van der Waals surface area contributed by atoms with Crippen molar-refractivity contribution in [3.8, 4) is 0 Å². The lowest BCUT2D eigenvalue weighted by molar-refractivity contribution is -0.385. The van der Waals surface area contributed by atoms with Gasteiger partial charge in [-0.25, -0.2) is 0 Å². The lowest BCUT2D eigenvalue weighted by Crippen LogP contribution is -2.50. The van der Waals surface area contributed by atoms with Crippen LogP contribution >= 0.6 is 0 Å². The summed E-state index contributed by atoms with van der Waals surface area (Å²) in [6.45, 7) is 4.26. The first-order chi connectivity index (χ1) is 15.1. The molecule has 1 aliphatic heterocycles. The fourth-order valence-electron chi connectivity index (χ4n) is 4.29. The van der Waals surface area contributed by atoms with E-state index in [-0.39, 0.29) is 17.6 Å². The summed E-state index contributed by atoms with van der Waals surface area (Å²) in [5.74, 6) is -0.142. The predicted molar refractivity (Wildman–Crippen MR) is 120 cm³/mol. The molecule has 6 heteroatoms. The Hall–Kier alpha value is -3.51. The smallest absolute Gasteiger partial charge is 0.273 e. The number of hydrogen-bond donors (Lipinski definition) is 0. The minimum atomic E-state index is -0.436. The molecule has 0 N–H and O–H groups in total. The molecule has 0 saturated carbocycles. The van der Waals surface area contributed by atoms with Crippen molar-refractivity contribution in [3.05, 3.63) is 111 Å². The van der Waals surface area contributed by atoms with Crippen LogP contribution in [0.2, 0.25) is 0 Å².